The number of aryl methyl sites for hydroxylation is 1. The van der Waals surface area contributed by atoms with Crippen LogP contribution in [0.5, 0.6) is 0 Å². The van der Waals surface area contributed by atoms with Crippen molar-refractivity contribution in [3.63, 3.8) is 0 Å². The molecule has 1 unspecified atom stereocenters. The third-order valence-corrected chi connectivity index (χ3v) is 6.12. The van der Waals surface area contributed by atoms with Gasteiger partial charge in [-0.05, 0) is 49.4 Å². The van der Waals surface area contributed by atoms with E-state index < -0.39 is 0 Å². The van der Waals surface area contributed by atoms with E-state index in [-0.39, 0.29) is 23.4 Å². The molecule has 1 atom stereocenters. The zero-order chi connectivity index (χ0) is 22.5. The highest BCUT2D eigenvalue weighted by Crippen LogP contribution is 2.24. The standard InChI is InChI=1S/C25H27ClN4O2/c1-17-15-23(31)29-25(27-17)30-13-11-21(12-14-30)28-24(32)22(16-18-5-3-2-4-6-18)19-7-9-20(26)10-8-19/h2-10,15,21-22H,11-14,16H2,1H3,(H,28,32)(H,27,29,31). The first-order chi connectivity index (χ1) is 15.5. The molecule has 7 heteroatoms. The summed E-state index contributed by atoms with van der Waals surface area (Å²) in [5.41, 5.74) is 2.63. The molecule has 2 aromatic carbocycles. The van der Waals surface area contributed by atoms with Crippen molar-refractivity contribution >= 4 is 23.5 Å². The number of carbonyl (C=O) groups is 1. The van der Waals surface area contributed by atoms with E-state index in [9.17, 15) is 9.59 Å². The molecule has 0 radical (unpaired) electrons. The summed E-state index contributed by atoms with van der Waals surface area (Å²) < 4.78 is 0. The van der Waals surface area contributed by atoms with Gasteiger partial charge in [-0.25, -0.2) is 4.98 Å². The average Bonchev–Trinajstić information content (AvgIpc) is 2.79. The van der Waals surface area contributed by atoms with E-state index in [0.29, 0.717) is 23.1 Å². The lowest BCUT2D eigenvalue weighted by atomic mass is 9.90. The van der Waals surface area contributed by atoms with Crippen molar-refractivity contribution in [2.45, 2.75) is 38.1 Å². The minimum Gasteiger partial charge on any atom is -0.353 e. The van der Waals surface area contributed by atoms with Crippen LogP contribution >= 0.6 is 11.6 Å². The number of amides is 1. The second-order valence-electron chi connectivity index (χ2n) is 8.27. The van der Waals surface area contributed by atoms with Gasteiger partial charge in [0.25, 0.3) is 5.56 Å². The second-order valence-corrected chi connectivity index (χ2v) is 8.71. The van der Waals surface area contributed by atoms with Gasteiger partial charge in [-0.2, -0.15) is 0 Å². The van der Waals surface area contributed by atoms with E-state index in [1.165, 1.54) is 6.07 Å². The second kappa shape index (κ2) is 10.0. The molecule has 32 heavy (non-hydrogen) atoms. The maximum Gasteiger partial charge on any atom is 0.252 e. The fourth-order valence-electron chi connectivity index (χ4n) is 4.16. The number of nitrogens with zero attached hydrogens (tertiary/aromatic N) is 2. The Morgan fingerprint density at radius 2 is 1.84 bits per heavy atom. The van der Waals surface area contributed by atoms with Gasteiger partial charge in [0.15, 0.2) is 0 Å². The summed E-state index contributed by atoms with van der Waals surface area (Å²) in [5, 5.41) is 3.91. The number of rotatable bonds is 6. The molecule has 1 aliphatic rings. The molecular weight excluding hydrogens is 424 g/mol. The first-order valence-electron chi connectivity index (χ1n) is 10.9. The van der Waals surface area contributed by atoms with Crippen LogP contribution < -0.4 is 15.8 Å². The zero-order valence-corrected chi connectivity index (χ0v) is 18.8. The molecule has 2 N–H and O–H groups in total. The highest BCUT2D eigenvalue weighted by Gasteiger charge is 2.27. The maximum absolute atomic E-state index is 13.3. The molecule has 1 fully saturated rings. The number of carbonyl (C=O) groups excluding carboxylic acids is 1. The zero-order valence-electron chi connectivity index (χ0n) is 18.1. The number of nitrogens with one attached hydrogen (secondary N) is 2. The average molecular weight is 451 g/mol. The van der Waals surface area contributed by atoms with Crippen molar-refractivity contribution in [2.24, 2.45) is 0 Å². The lowest BCUT2D eigenvalue weighted by Crippen LogP contribution is -2.47. The quantitative estimate of drug-likeness (QED) is 0.598. The molecule has 0 spiro atoms. The van der Waals surface area contributed by atoms with Crippen LogP contribution in [-0.2, 0) is 11.2 Å². The molecule has 6 nitrogen and oxygen atoms in total. The molecule has 0 bridgehead atoms. The maximum atomic E-state index is 13.3. The number of hydrogen-bond acceptors (Lipinski definition) is 4. The topological polar surface area (TPSA) is 78.1 Å². The number of anilines is 1. The summed E-state index contributed by atoms with van der Waals surface area (Å²) in [5.74, 6) is 0.335. The van der Waals surface area contributed by atoms with Crippen LogP contribution in [0.1, 0.15) is 35.6 Å². The Balaban J connectivity index is 1.43. The Labute approximate surface area is 192 Å². The number of H-pyrrole nitrogens is 1. The van der Waals surface area contributed by atoms with E-state index in [0.717, 1.165) is 37.1 Å². The van der Waals surface area contributed by atoms with Crippen LogP contribution in [0.4, 0.5) is 5.95 Å². The Kier molecular flexibility index (Phi) is 6.90. The van der Waals surface area contributed by atoms with Gasteiger partial charge in [-0.1, -0.05) is 54.1 Å². The monoisotopic (exact) mass is 450 g/mol. The SMILES string of the molecule is Cc1cc(=O)[nH]c(N2CCC(NC(=O)C(Cc3ccccc3)c3ccc(Cl)cc3)CC2)n1. The summed E-state index contributed by atoms with van der Waals surface area (Å²) >= 11 is 6.06. The van der Waals surface area contributed by atoms with Crippen molar-refractivity contribution in [1.29, 1.82) is 0 Å². The third-order valence-electron chi connectivity index (χ3n) is 5.87. The van der Waals surface area contributed by atoms with Crippen LogP contribution in [0, 0.1) is 6.92 Å². The Bertz CT molecular complexity index is 1110. The third kappa shape index (κ3) is 5.56. The van der Waals surface area contributed by atoms with Crippen molar-refractivity contribution in [3.05, 3.63) is 92.9 Å². The van der Waals surface area contributed by atoms with Crippen LogP contribution in [-0.4, -0.2) is 35.0 Å². The largest absolute Gasteiger partial charge is 0.353 e. The summed E-state index contributed by atoms with van der Waals surface area (Å²) in [6, 6.07) is 19.1. The molecular formula is C25H27ClN4O2. The van der Waals surface area contributed by atoms with Crippen LogP contribution in [0.15, 0.2) is 65.5 Å². The number of benzene rings is 2. The summed E-state index contributed by atoms with van der Waals surface area (Å²) in [6.45, 7) is 3.26. The van der Waals surface area contributed by atoms with Gasteiger partial charge in [-0.15, -0.1) is 0 Å². The lowest BCUT2D eigenvalue weighted by Gasteiger charge is -2.33. The van der Waals surface area contributed by atoms with Crippen LogP contribution in [0.25, 0.3) is 0 Å². The normalized spacial score (nSPS) is 15.4. The van der Waals surface area contributed by atoms with Gasteiger partial charge < -0.3 is 10.2 Å². The summed E-state index contributed by atoms with van der Waals surface area (Å²) in [4.78, 5) is 34.4. The minimum atomic E-state index is -0.289. The fourth-order valence-corrected chi connectivity index (χ4v) is 4.28. The molecule has 2 heterocycles. The molecule has 1 aromatic heterocycles. The number of piperidine rings is 1. The Morgan fingerprint density at radius 1 is 1.16 bits per heavy atom. The summed E-state index contributed by atoms with van der Waals surface area (Å²) in [7, 11) is 0. The van der Waals surface area contributed by atoms with Gasteiger partial charge in [0.2, 0.25) is 11.9 Å². The molecule has 0 saturated carbocycles. The Morgan fingerprint density at radius 3 is 2.50 bits per heavy atom. The van der Waals surface area contributed by atoms with Gasteiger partial charge >= 0.3 is 0 Å². The molecule has 3 aromatic rings. The summed E-state index contributed by atoms with van der Waals surface area (Å²) in [6.07, 6.45) is 2.21. The number of halogens is 1. The molecule has 4 rings (SSSR count). The van der Waals surface area contributed by atoms with Crippen molar-refractivity contribution < 1.29 is 4.79 Å². The van der Waals surface area contributed by atoms with E-state index in [2.05, 4.69) is 20.2 Å². The fraction of sp³-hybridized carbons (Fsp3) is 0.320. The molecule has 1 aliphatic heterocycles. The van der Waals surface area contributed by atoms with Crippen LogP contribution in [0.3, 0.4) is 0 Å². The Hall–Kier alpha value is -3.12. The predicted octanol–water partition coefficient (Wildman–Crippen LogP) is 3.84. The molecule has 1 saturated heterocycles. The van der Waals surface area contributed by atoms with Gasteiger partial charge in [0.1, 0.15) is 0 Å². The first-order valence-corrected chi connectivity index (χ1v) is 11.3. The van der Waals surface area contributed by atoms with E-state index in [4.69, 9.17) is 11.6 Å². The van der Waals surface area contributed by atoms with Gasteiger partial charge in [0.05, 0.1) is 5.92 Å². The minimum absolute atomic E-state index is 0.0247. The van der Waals surface area contributed by atoms with Crippen LogP contribution in [0.2, 0.25) is 5.02 Å². The first kappa shape index (κ1) is 22.1. The molecule has 0 aliphatic carbocycles. The van der Waals surface area contributed by atoms with E-state index in [1.54, 1.807) is 0 Å². The van der Waals surface area contributed by atoms with Gasteiger partial charge in [0, 0.05) is 35.9 Å². The molecule has 1 amide bonds. The van der Waals surface area contributed by atoms with E-state index >= 15 is 0 Å². The van der Waals surface area contributed by atoms with Crippen molar-refractivity contribution in [1.82, 2.24) is 15.3 Å². The molecule has 166 valence electrons. The van der Waals surface area contributed by atoms with Crippen molar-refractivity contribution in [2.75, 3.05) is 18.0 Å². The van der Waals surface area contributed by atoms with E-state index in [1.807, 2.05) is 61.5 Å². The van der Waals surface area contributed by atoms with Gasteiger partial charge in [-0.3, -0.25) is 14.6 Å². The highest BCUT2D eigenvalue weighted by molar-refractivity contribution is 6.30. The number of hydrogen-bond donors (Lipinski definition) is 2. The lowest BCUT2D eigenvalue weighted by molar-refractivity contribution is -0.123. The number of aromatic amines is 1. The smallest absolute Gasteiger partial charge is 0.252 e. The number of aromatic nitrogens is 2. The predicted molar refractivity (Wildman–Crippen MR) is 127 cm³/mol. The highest BCUT2D eigenvalue weighted by atomic mass is 35.5. The van der Waals surface area contributed by atoms with Crippen molar-refractivity contribution in [3.8, 4) is 0 Å².